The number of halogens is 3. The van der Waals surface area contributed by atoms with Gasteiger partial charge in [-0.05, 0) is 30.9 Å². The molecule has 33 heavy (non-hydrogen) atoms. The lowest BCUT2D eigenvalue weighted by molar-refractivity contribution is -0.193. The molecule has 178 valence electrons. The van der Waals surface area contributed by atoms with Crippen LogP contribution in [0.15, 0.2) is 28.9 Å². The summed E-state index contributed by atoms with van der Waals surface area (Å²) < 4.78 is 46.3. The standard InChI is InChI=1S/C21H22F3N3O6/c22-21(23,24)20(31)33-19(30)14-10-26-9-13(16(14)25)15-7-6-12(32-15)8-27-18(29)17(28)11-4-2-1-3-5-11/h6-7,9-11,17,28H,1-5,8H2,(H2,25,26)(H,27,29)/t17-/m0/s1. The molecule has 1 aliphatic rings. The minimum absolute atomic E-state index is 0.0300. The average molecular weight is 469 g/mol. The minimum atomic E-state index is -5.35. The highest BCUT2D eigenvalue weighted by Crippen LogP contribution is 2.30. The van der Waals surface area contributed by atoms with Crippen LogP contribution >= 0.6 is 0 Å². The summed E-state index contributed by atoms with van der Waals surface area (Å²) in [6.07, 6.45) is 0.245. The number of nitrogens with zero attached hydrogens (tertiary/aromatic N) is 1. The summed E-state index contributed by atoms with van der Waals surface area (Å²) in [5, 5.41) is 12.8. The molecule has 1 atom stereocenters. The van der Waals surface area contributed by atoms with Crippen molar-refractivity contribution in [2.75, 3.05) is 5.73 Å². The van der Waals surface area contributed by atoms with Gasteiger partial charge in [-0.15, -0.1) is 0 Å². The molecule has 3 rings (SSSR count). The zero-order chi connectivity index (χ0) is 24.2. The lowest BCUT2D eigenvalue weighted by Crippen LogP contribution is -2.39. The molecule has 2 aromatic heterocycles. The predicted octanol–water partition coefficient (Wildman–Crippen LogP) is 2.73. The Morgan fingerprint density at radius 3 is 2.58 bits per heavy atom. The third-order valence-corrected chi connectivity index (χ3v) is 5.35. The maximum absolute atomic E-state index is 12.3. The van der Waals surface area contributed by atoms with Gasteiger partial charge in [0.1, 0.15) is 23.2 Å². The van der Waals surface area contributed by atoms with Crippen LogP contribution in [-0.2, 0) is 20.9 Å². The molecule has 2 aromatic rings. The van der Waals surface area contributed by atoms with Crippen LogP contribution in [0.4, 0.5) is 18.9 Å². The molecule has 1 saturated carbocycles. The number of nitrogen functional groups attached to an aromatic ring is 1. The number of anilines is 1. The van der Waals surface area contributed by atoms with E-state index in [0.29, 0.717) is 5.76 Å². The summed E-state index contributed by atoms with van der Waals surface area (Å²) in [5.41, 5.74) is 5.08. The van der Waals surface area contributed by atoms with Crippen molar-refractivity contribution in [2.45, 2.75) is 50.9 Å². The van der Waals surface area contributed by atoms with Crippen molar-refractivity contribution < 1.29 is 41.8 Å². The van der Waals surface area contributed by atoms with Crippen molar-refractivity contribution in [3.63, 3.8) is 0 Å². The second-order valence-corrected chi connectivity index (χ2v) is 7.65. The van der Waals surface area contributed by atoms with Gasteiger partial charge >= 0.3 is 18.1 Å². The lowest BCUT2D eigenvalue weighted by Gasteiger charge is -2.25. The van der Waals surface area contributed by atoms with Crippen LogP contribution in [0.3, 0.4) is 0 Å². The van der Waals surface area contributed by atoms with Crippen LogP contribution < -0.4 is 11.1 Å². The largest absolute Gasteiger partial charge is 0.491 e. The van der Waals surface area contributed by atoms with Gasteiger partial charge in [0.25, 0.3) is 0 Å². The number of ether oxygens (including phenoxy) is 1. The lowest BCUT2D eigenvalue weighted by atomic mass is 9.85. The van der Waals surface area contributed by atoms with E-state index in [1.165, 1.54) is 18.3 Å². The molecule has 0 unspecified atom stereocenters. The molecule has 9 nitrogen and oxygen atoms in total. The van der Waals surface area contributed by atoms with E-state index < -0.39 is 35.7 Å². The number of nitrogens with one attached hydrogen (secondary N) is 1. The Labute approximate surface area is 186 Å². The van der Waals surface area contributed by atoms with Crippen molar-refractivity contribution >= 4 is 23.5 Å². The van der Waals surface area contributed by atoms with Gasteiger partial charge in [-0.2, -0.15) is 13.2 Å². The highest BCUT2D eigenvalue weighted by molar-refractivity contribution is 6.03. The Bertz CT molecular complexity index is 1030. The van der Waals surface area contributed by atoms with Crippen LogP contribution in [0.5, 0.6) is 0 Å². The highest BCUT2D eigenvalue weighted by atomic mass is 19.4. The van der Waals surface area contributed by atoms with Crippen molar-refractivity contribution in [3.8, 4) is 11.3 Å². The maximum atomic E-state index is 12.3. The number of aliphatic hydroxyl groups excluding tert-OH is 1. The smallest absolute Gasteiger partial charge is 0.459 e. The predicted molar refractivity (Wildman–Crippen MR) is 107 cm³/mol. The van der Waals surface area contributed by atoms with Crippen LogP contribution in [-0.4, -0.2) is 40.2 Å². The number of hydrogen-bond donors (Lipinski definition) is 3. The number of furan rings is 1. The van der Waals surface area contributed by atoms with Gasteiger partial charge < -0.3 is 25.3 Å². The zero-order valence-corrected chi connectivity index (χ0v) is 17.4. The van der Waals surface area contributed by atoms with Gasteiger partial charge in [0.05, 0.1) is 17.8 Å². The molecule has 0 aliphatic heterocycles. The van der Waals surface area contributed by atoms with Crippen molar-refractivity contribution in [2.24, 2.45) is 5.92 Å². The normalized spacial score (nSPS) is 15.6. The average Bonchev–Trinajstić information content (AvgIpc) is 3.25. The number of carbonyl (C=O) groups excluding carboxylic acids is 3. The van der Waals surface area contributed by atoms with Crippen molar-refractivity contribution in [1.82, 2.24) is 10.3 Å². The zero-order valence-electron chi connectivity index (χ0n) is 17.4. The Kier molecular flexibility index (Phi) is 7.36. The summed E-state index contributed by atoms with van der Waals surface area (Å²) in [7, 11) is 0. The van der Waals surface area contributed by atoms with Crippen LogP contribution in [0, 0.1) is 5.92 Å². The molecule has 1 amide bonds. The van der Waals surface area contributed by atoms with Gasteiger partial charge in [0.15, 0.2) is 0 Å². The summed E-state index contributed by atoms with van der Waals surface area (Å²) >= 11 is 0. The van der Waals surface area contributed by atoms with E-state index in [1.54, 1.807) is 0 Å². The second-order valence-electron chi connectivity index (χ2n) is 7.65. The third kappa shape index (κ3) is 5.89. The molecule has 0 saturated heterocycles. The molecule has 1 fully saturated rings. The number of rotatable bonds is 6. The number of alkyl halides is 3. The van der Waals surface area contributed by atoms with E-state index >= 15 is 0 Å². The fourth-order valence-corrected chi connectivity index (χ4v) is 3.59. The topological polar surface area (TPSA) is 145 Å². The summed E-state index contributed by atoms with van der Waals surface area (Å²) in [6.45, 7) is -0.0300. The van der Waals surface area contributed by atoms with Crippen LogP contribution in [0.25, 0.3) is 11.3 Å². The second kappa shape index (κ2) is 10.0. The van der Waals surface area contributed by atoms with Crippen LogP contribution in [0.2, 0.25) is 0 Å². The van der Waals surface area contributed by atoms with E-state index in [-0.39, 0.29) is 29.5 Å². The first-order valence-electron chi connectivity index (χ1n) is 10.2. The fraction of sp³-hybridized carbons (Fsp3) is 0.429. The van der Waals surface area contributed by atoms with Gasteiger partial charge in [-0.25, -0.2) is 9.59 Å². The Hall–Kier alpha value is -3.41. The van der Waals surface area contributed by atoms with Gasteiger partial charge in [-0.1, -0.05) is 19.3 Å². The maximum Gasteiger partial charge on any atom is 0.491 e. The number of hydrogen-bond acceptors (Lipinski definition) is 8. The third-order valence-electron chi connectivity index (χ3n) is 5.35. The number of amides is 1. The molecule has 0 bridgehead atoms. The van der Waals surface area contributed by atoms with Crippen molar-refractivity contribution in [1.29, 1.82) is 0 Å². The van der Waals surface area contributed by atoms with Gasteiger partial charge in [-0.3, -0.25) is 9.78 Å². The SMILES string of the molecule is Nc1c(C(=O)OC(=O)C(F)(F)F)cncc1-c1ccc(CNC(=O)[C@@H](O)C2CCCCC2)o1. The molecule has 4 N–H and O–H groups in total. The highest BCUT2D eigenvalue weighted by Gasteiger charge is 2.43. The monoisotopic (exact) mass is 469 g/mol. The quantitative estimate of drug-likeness (QED) is 0.433. The van der Waals surface area contributed by atoms with E-state index in [2.05, 4.69) is 15.0 Å². The molecular formula is C21H22F3N3O6. The molecule has 0 radical (unpaired) electrons. The van der Waals surface area contributed by atoms with E-state index in [1.807, 2.05) is 0 Å². The number of aliphatic hydroxyl groups is 1. The first kappa shape index (κ1) is 24.2. The Morgan fingerprint density at radius 2 is 1.91 bits per heavy atom. The molecule has 1 aliphatic carbocycles. The summed E-state index contributed by atoms with van der Waals surface area (Å²) in [5.74, 6) is -4.46. The van der Waals surface area contributed by atoms with Crippen LogP contribution in [0.1, 0.15) is 48.2 Å². The first-order chi connectivity index (χ1) is 15.6. The number of nitrogens with two attached hydrogens (primary N) is 1. The molecular weight excluding hydrogens is 447 g/mol. The minimum Gasteiger partial charge on any atom is -0.459 e. The fourth-order valence-electron chi connectivity index (χ4n) is 3.59. The summed E-state index contributed by atoms with van der Waals surface area (Å²) in [4.78, 5) is 38.8. The number of pyridine rings is 1. The summed E-state index contributed by atoms with van der Waals surface area (Å²) in [6, 6.07) is 2.97. The number of esters is 2. The van der Waals surface area contributed by atoms with Gasteiger partial charge in [0, 0.05) is 12.4 Å². The first-order valence-corrected chi connectivity index (χ1v) is 10.2. The molecule has 12 heteroatoms. The number of aromatic nitrogens is 1. The number of carbonyl (C=O) groups is 3. The van der Waals surface area contributed by atoms with E-state index in [9.17, 15) is 32.7 Å². The Balaban J connectivity index is 1.66. The van der Waals surface area contributed by atoms with E-state index in [0.717, 1.165) is 38.3 Å². The van der Waals surface area contributed by atoms with Crippen molar-refractivity contribution in [3.05, 3.63) is 35.9 Å². The molecule has 2 heterocycles. The van der Waals surface area contributed by atoms with E-state index in [4.69, 9.17) is 10.2 Å². The molecule has 0 aromatic carbocycles. The van der Waals surface area contributed by atoms with Gasteiger partial charge in [0.2, 0.25) is 5.91 Å². The molecule has 0 spiro atoms. The Morgan fingerprint density at radius 1 is 1.21 bits per heavy atom.